The SMILES string of the molecule is CCOC(=O)NC(=Nc1ccc(S(=O)(=O)c2ccccc2)cc1NC(C)=O)NC(=O)CC. The van der Waals surface area contributed by atoms with Crippen LogP contribution in [-0.4, -0.2) is 38.9 Å². The van der Waals surface area contributed by atoms with E-state index in [0.717, 1.165) is 0 Å². The maximum atomic E-state index is 12.9. The summed E-state index contributed by atoms with van der Waals surface area (Å²) in [6.45, 7) is 4.58. The van der Waals surface area contributed by atoms with Crippen molar-refractivity contribution in [2.75, 3.05) is 11.9 Å². The fourth-order valence-corrected chi connectivity index (χ4v) is 3.81. The van der Waals surface area contributed by atoms with Gasteiger partial charge in [-0.1, -0.05) is 25.1 Å². The topological polar surface area (TPSA) is 143 Å². The van der Waals surface area contributed by atoms with Gasteiger partial charge in [0.1, 0.15) is 0 Å². The number of sulfone groups is 1. The molecule has 0 heterocycles. The zero-order valence-electron chi connectivity index (χ0n) is 17.8. The van der Waals surface area contributed by atoms with Crippen molar-refractivity contribution in [3.63, 3.8) is 0 Å². The van der Waals surface area contributed by atoms with Gasteiger partial charge in [-0.2, -0.15) is 0 Å². The Labute approximate surface area is 186 Å². The molecule has 0 fully saturated rings. The lowest BCUT2D eigenvalue weighted by molar-refractivity contribution is -0.119. The van der Waals surface area contributed by atoms with Crippen LogP contribution in [0.1, 0.15) is 27.2 Å². The minimum Gasteiger partial charge on any atom is -0.450 e. The van der Waals surface area contributed by atoms with Gasteiger partial charge in [-0.05, 0) is 37.3 Å². The molecule has 0 bridgehead atoms. The molecule has 3 amide bonds. The summed E-state index contributed by atoms with van der Waals surface area (Å²) in [4.78, 5) is 39.5. The second-order valence-corrected chi connectivity index (χ2v) is 8.33. The van der Waals surface area contributed by atoms with E-state index >= 15 is 0 Å². The summed E-state index contributed by atoms with van der Waals surface area (Å²) >= 11 is 0. The van der Waals surface area contributed by atoms with Gasteiger partial charge in [0.05, 0.1) is 27.8 Å². The van der Waals surface area contributed by atoms with Gasteiger partial charge in [0, 0.05) is 13.3 Å². The number of anilines is 1. The third-order valence-corrected chi connectivity index (χ3v) is 5.72. The molecule has 3 N–H and O–H groups in total. The summed E-state index contributed by atoms with van der Waals surface area (Å²) in [5.74, 6) is -1.13. The van der Waals surface area contributed by atoms with Crippen LogP contribution in [0.2, 0.25) is 0 Å². The van der Waals surface area contributed by atoms with Crippen molar-refractivity contribution in [3.05, 3.63) is 48.5 Å². The zero-order chi connectivity index (χ0) is 23.7. The fraction of sp³-hybridized carbons (Fsp3) is 0.238. The molecule has 0 saturated heterocycles. The van der Waals surface area contributed by atoms with Gasteiger partial charge in [0.25, 0.3) is 0 Å². The maximum Gasteiger partial charge on any atom is 0.413 e. The number of nitrogens with one attached hydrogen (secondary N) is 3. The number of hydrogen-bond donors (Lipinski definition) is 3. The first-order valence-corrected chi connectivity index (χ1v) is 11.2. The highest BCUT2D eigenvalue weighted by atomic mass is 32.2. The van der Waals surface area contributed by atoms with E-state index in [0.29, 0.717) is 0 Å². The molecule has 2 aromatic rings. The number of ether oxygens (including phenoxy) is 1. The monoisotopic (exact) mass is 460 g/mol. The van der Waals surface area contributed by atoms with Crippen molar-refractivity contribution in [3.8, 4) is 0 Å². The maximum absolute atomic E-state index is 12.9. The van der Waals surface area contributed by atoms with Crippen LogP contribution >= 0.6 is 0 Å². The van der Waals surface area contributed by atoms with Crippen molar-refractivity contribution >= 4 is 45.1 Å². The Hall–Kier alpha value is -3.73. The predicted molar refractivity (Wildman–Crippen MR) is 118 cm³/mol. The van der Waals surface area contributed by atoms with Gasteiger partial charge in [0.15, 0.2) is 0 Å². The summed E-state index contributed by atoms with van der Waals surface area (Å²) in [7, 11) is -3.85. The number of aliphatic imine (C=N–C) groups is 1. The van der Waals surface area contributed by atoms with Crippen molar-refractivity contribution in [2.24, 2.45) is 4.99 Å². The Bertz CT molecular complexity index is 1130. The van der Waals surface area contributed by atoms with Crippen LogP contribution in [-0.2, 0) is 24.2 Å². The van der Waals surface area contributed by atoms with Crippen LogP contribution in [0.15, 0.2) is 63.3 Å². The number of amides is 3. The van der Waals surface area contributed by atoms with E-state index in [-0.39, 0.29) is 40.2 Å². The summed E-state index contributed by atoms with van der Waals surface area (Å²) < 4.78 is 30.7. The van der Waals surface area contributed by atoms with E-state index in [1.165, 1.54) is 37.3 Å². The van der Waals surface area contributed by atoms with Crippen LogP contribution in [0.3, 0.4) is 0 Å². The number of nitrogens with zero attached hydrogens (tertiary/aromatic N) is 1. The molecule has 0 aliphatic carbocycles. The van der Waals surface area contributed by atoms with Crippen LogP contribution in [0.5, 0.6) is 0 Å². The first-order valence-electron chi connectivity index (χ1n) is 9.71. The summed E-state index contributed by atoms with van der Waals surface area (Å²) in [5, 5.41) is 7.25. The number of hydrogen-bond acceptors (Lipinski definition) is 7. The largest absolute Gasteiger partial charge is 0.450 e. The highest BCUT2D eigenvalue weighted by Crippen LogP contribution is 2.31. The van der Waals surface area contributed by atoms with Crippen LogP contribution in [0.4, 0.5) is 16.2 Å². The molecular formula is C21H24N4O6S. The lowest BCUT2D eigenvalue weighted by Gasteiger charge is -2.13. The summed E-state index contributed by atoms with van der Waals surface area (Å²) in [5.41, 5.74) is 0.179. The standard InChI is InChI=1S/C21H24N4O6S/c1-4-19(27)24-20(25-21(28)31-5-2)23-17-12-11-16(13-18(17)22-14(3)26)32(29,30)15-9-7-6-8-10-15/h6-13H,4-5H2,1-3H3,(H,22,26)(H2,23,24,25,27,28). The number of carbonyl (C=O) groups is 3. The minimum atomic E-state index is -3.85. The Balaban J connectivity index is 2.53. The van der Waals surface area contributed by atoms with Gasteiger partial charge in [0.2, 0.25) is 27.6 Å². The molecule has 0 radical (unpaired) electrons. The van der Waals surface area contributed by atoms with Crippen LogP contribution < -0.4 is 16.0 Å². The van der Waals surface area contributed by atoms with Crippen LogP contribution in [0, 0.1) is 0 Å². The Morgan fingerprint density at radius 2 is 1.66 bits per heavy atom. The highest BCUT2D eigenvalue weighted by molar-refractivity contribution is 7.91. The van der Waals surface area contributed by atoms with Gasteiger partial charge in [-0.3, -0.25) is 20.2 Å². The van der Waals surface area contributed by atoms with E-state index in [9.17, 15) is 22.8 Å². The second-order valence-electron chi connectivity index (χ2n) is 6.38. The third kappa shape index (κ3) is 6.64. The first-order chi connectivity index (χ1) is 15.2. The lowest BCUT2D eigenvalue weighted by atomic mass is 10.2. The summed E-state index contributed by atoms with van der Waals surface area (Å²) in [6.07, 6.45) is -0.719. The molecule has 10 nitrogen and oxygen atoms in total. The molecule has 2 rings (SSSR count). The molecule has 11 heteroatoms. The quantitative estimate of drug-likeness (QED) is 0.447. The molecule has 0 saturated carbocycles. The Morgan fingerprint density at radius 3 is 2.25 bits per heavy atom. The van der Waals surface area contributed by atoms with E-state index in [1.54, 1.807) is 32.0 Å². The zero-order valence-corrected chi connectivity index (χ0v) is 18.7. The Morgan fingerprint density at radius 1 is 0.969 bits per heavy atom. The van der Waals surface area contributed by atoms with Gasteiger partial charge < -0.3 is 10.1 Å². The van der Waals surface area contributed by atoms with Gasteiger partial charge >= 0.3 is 6.09 Å². The second kappa shape index (κ2) is 11.0. The molecule has 0 aromatic heterocycles. The average Bonchev–Trinajstić information content (AvgIpc) is 2.75. The van der Waals surface area contributed by atoms with E-state index in [1.807, 2.05) is 0 Å². The third-order valence-electron chi connectivity index (χ3n) is 3.95. The fourth-order valence-electron chi connectivity index (χ4n) is 2.50. The highest BCUT2D eigenvalue weighted by Gasteiger charge is 2.20. The number of rotatable bonds is 6. The normalized spacial score (nSPS) is 11.4. The first kappa shape index (κ1) is 24.5. The molecule has 2 aromatic carbocycles. The molecule has 0 spiro atoms. The molecule has 0 aliphatic rings. The predicted octanol–water partition coefficient (Wildman–Crippen LogP) is 2.74. The average molecular weight is 461 g/mol. The number of benzene rings is 2. The van der Waals surface area contributed by atoms with E-state index in [2.05, 4.69) is 20.9 Å². The van der Waals surface area contributed by atoms with Crippen LogP contribution in [0.25, 0.3) is 0 Å². The van der Waals surface area contributed by atoms with Gasteiger partial charge in [-0.25, -0.2) is 18.2 Å². The minimum absolute atomic E-state index is 0.0658. The van der Waals surface area contributed by atoms with E-state index < -0.39 is 27.7 Å². The molecular weight excluding hydrogens is 436 g/mol. The summed E-state index contributed by atoms with van der Waals surface area (Å²) in [6, 6.07) is 11.7. The van der Waals surface area contributed by atoms with E-state index in [4.69, 9.17) is 4.74 Å². The number of alkyl carbamates (subject to hydrolysis) is 1. The molecule has 32 heavy (non-hydrogen) atoms. The molecule has 170 valence electrons. The smallest absolute Gasteiger partial charge is 0.413 e. The lowest BCUT2D eigenvalue weighted by Crippen LogP contribution is -2.43. The molecule has 0 unspecified atom stereocenters. The van der Waals surface area contributed by atoms with Crippen molar-refractivity contribution < 1.29 is 27.5 Å². The van der Waals surface area contributed by atoms with Crippen molar-refractivity contribution in [2.45, 2.75) is 37.0 Å². The van der Waals surface area contributed by atoms with Crippen molar-refractivity contribution in [1.29, 1.82) is 0 Å². The van der Waals surface area contributed by atoms with Crippen molar-refractivity contribution in [1.82, 2.24) is 10.6 Å². The molecule has 0 atom stereocenters. The number of carbonyl (C=O) groups excluding carboxylic acids is 3. The molecule has 0 aliphatic heterocycles. The Kier molecular flexibility index (Phi) is 8.47. The number of guanidine groups is 1. The van der Waals surface area contributed by atoms with Gasteiger partial charge in [-0.15, -0.1) is 0 Å².